The van der Waals surface area contributed by atoms with Gasteiger partial charge >= 0.3 is 0 Å². The Kier molecular flexibility index (Phi) is 7.33. The first-order valence-electron chi connectivity index (χ1n) is 6.91. The molecule has 0 fully saturated rings. The zero-order valence-electron chi connectivity index (χ0n) is 11.5. The minimum absolute atomic E-state index is 0.353. The molecule has 0 aromatic heterocycles. The average Bonchev–Trinajstić information content (AvgIpc) is 2.38. The van der Waals surface area contributed by atoms with Crippen molar-refractivity contribution in [3.63, 3.8) is 0 Å². The van der Waals surface area contributed by atoms with Crippen molar-refractivity contribution in [1.82, 2.24) is 5.43 Å². The summed E-state index contributed by atoms with van der Waals surface area (Å²) in [5.41, 5.74) is 4.29. The van der Waals surface area contributed by atoms with Gasteiger partial charge in [0, 0.05) is 11.1 Å². The molecule has 0 aliphatic rings. The molecule has 1 rings (SSSR count). The summed E-state index contributed by atoms with van der Waals surface area (Å²) in [6.07, 6.45) is 5.86. The van der Waals surface area contributed by atoms with Gasteiger partial charge in [-0.1, -0.05) is 50.4 Å². The average molecular weight is 269 g/mol. The first-order chi connectivity index (χ1) is 8.71. The van der Waals surface area contributed by atoms with Crippen molar-refractivity contribution in [1.29, 1.82) is 0 Å². The fourth-order valence-electron chi connectivity index (χ4n) is 2.52. The van der Waals surface area contributed by atoms with Gasteiger partial charge in [-0.2, -0.15) is 0 Å². The van der Waals surface area contributed by atoms with Crippen LogP contribution >= 0.6 is 11.6 Å². The highest BCUT2D eigenvalue weighted by Gasteiger charge is 2.19. The van der Waals surface area contributed by atoms with Crippen LogP contribution in [0.5, 0.6) is 0 Å². The van der Waals surface area contributed by atoms with Crippen molar-refractivity contribution in [3.05, 3.63) is 34.9 Å². The molecule has 0 radical (unpaired) electrons. The fraction of sp³-hybridized carbons (Fsp3) is 0.600. The number of nitrogens with one attached hydrogen (secondary N) is 1. The number of rotatable bonds is 8. The zero-order valence-corrected chi connectivity index (χ0v) is 12.2. The molecule has 3 heteroatoms. The number of benzene rings is 1. The first-order valence-corrected chi connectivity index (χ1v) is 7.29. The summed E-state index contributed by atoms with van der Waals surface area (Å²) in [7, 11) is 0. The van der Waals surface area contributed by atoms with E-state index in [1.54, 1.807) is 0 Å². The fourth-order valence-corrected chi connectivity index (χ4v) is 2.65. The van der Waals surface area contributed by atoms with E-state index in [-0.39, 0.29) is 0 Å². The molecule has 102 valence electrons. The van der Waals surface area contributed by atoms with E-state index in [9.17, 15) is 0 Å². The summed E-state index contributed by atoms with van der Waals surface area (Å²) in [6, 6.07) is 8.41. The maximum Gasteiger partial charge on any atom is 0.0406 e. The molecule has 0 amide bonds. The SMILES string of the molecule is CCCC(CCC)C(Cc1ccc(Cl)cc1)NN. The van der Waals surface area contributed by atoms with Gasteiger partial charge < -0.3 is 0 Å². The maximum absolute atomic E-state index is 5.90. The number of nitrogens with two attached hydrogens (primary N) is 1. The van der Waals surface area contributed by atoms with Crippen LogP contribution in [0.15, 0.2) is 24.3 Å². The van der Waals surface area contributed by atoms with E-state index in [1.165, 1.54) is 31.2 Å². The van der Waals surface area contributed by atoms with E-state index in [0.717, 1.165) is 11.4 Å². The second-order valence-electron chi connectivity index (χ2n) is 4.94. The number of halogens is 1. The van der Waals surface area contributed by atoms with Crippen LogP contribution in [0.25, 0.3) is 0 Å². The third-order valence-corrected chi connectivity index (χ3v) is 3.72. The largest absolute Gasteiger partial charge is 0.271 e. The lowest BCUT2D eigenvalue weighted by atomic mass is 9.87. The van der Waals surface area contributed by atoms with Crippen LogP contribution in [0.3, 0.4) is 0 Å². The summed E-state index contributed by atoms with van der Waals surface area (Å²) in [5.74, 6) is 6.39. The zero-order chi connectivity index (χ0) is 13.4. The molecule has 0 aliphatic carbocycles. The molecule has 18 heavy (non-hydrogen) atoms. The molecule has 1 aromatic rings. The molecule has 0 aliphatic heterocycles. The molecule has 0 saturated heterocycles. The molecule has 2 nitrogen and oxygen atoms in total. The van der Waals surface area contributed by atoms with E-state index in [4.69, 9.17) is 17.4 Å². The highest BCUT2D eigenvalue weighted by molar-refractivity contribution is 6.30. The molecule has 3 N–H and O–H groups in total. The molecule has 1 unspecified atom stereocenters. The van der Waals surface area contributed by atoms with Crippen molar-refractivity contribution in [2.75, 3.05) is 0 Å². The molecular weight excluding hydrogens is 244 g/mol. The van der Waals surface area contributed by atoms with E-state index < -0.39 is 0 Å². The van der Waals surface area contributed by atoms with Gasteiger partial charge in [0.2, 0.25) is 0 Å². The molecule has 0 saturated carbocycles. The van der Waals surface area contributed by atoms with E-state index >= 15 is 0 Å². The van der Waals surface area contributed by atoms with Gasteiger partial charge in [0.1, 0.15) is 0 Å². The molecule has 0 heterocycles. The van der Waals surface area contributed by atoms with E-state index in [0.29, 0.717) is 12.0 Å². The van der Waals surface area contributed by atoms with Gasteiger partial charge in [-0.25, -0.2) is 0 Å². The Morgan fingerprint density at radius 1 is 1.11 bits per heavy atom. The minimum atomic E-state index is 0.353. The second-order valence-corrected chi connectivity index (χ2v) is 5.38. The van der Waals surface area contributed by atoms with Crippen LogP contribution < -0.4 is 11.3 Å². The molecule has 1 atom stereocenters. The third kappa shape index (κ3) is 4.97. The lowest BCUT2D eigenvalue weighted by Crippen LogP contribution is -2.42. The van der Waals surface area contributed by atoms with Crippen LogP contribution in [0.1, 0.15) is 45.1 Å². The van der Waals surface area contributed by atoms with Gasteiger partial charge in [-0.05, 0) is 42.9 Å². The predicted octanol–water partition coefficient (Wildman–Crippen LogP) is 3.93. The highest BCUT2D eigenvalue weighted by atomic mass is 35.5. The van der Waals surface area contributed by atoms with Crippen molar-refractivity contribution in [2.45, 2.75) is 52.0 Å². The van der Waals surface area contributed by atoms with E-state index in [2.05, 4.69) is 31.4 Å². The number of hydrogen-bond donors (Lipinski definition) is 2. The Morgan fingerprint density at radius 2 is 1.67 bits per heavy atom. The smallest absolute Gasteiger partial charge is 0.0406 e. The summed E-state index contributed by atoms with van der Waals surface area (Å²) in [6.45, 7) is 4.47. The number of hydrogen-bond acceptors (Lipinski definition) is 2. The summed E-state index contributed by atoms with van der Waals surface area (Å²) >= 11 is 5.90. The van der Waals surface area contributed by atoms with Crippen LogP contribution in [0.4, 0.5) is 0 Å². The van der Waals surface area contributed by atoms with Crippen LogP contribution in [-0.2, 0) is 6.42 Å². The maximum atomic E-state index is 5.90. The van der Waals surface area contributed by atoms with Crippen molar-refractivity contribution in [2.24, 2.45) is 11.8 Å². The van der Waals surface area contributed by atoms with Crippen LogP contribution in [0.2, 0.25) is 5.02 Å². The van der Waals surface area contributed by atoms with Gasteiger partial charge in [0.25, 0.3) is 0 Å². The lowest BCUT2D eigenvalue weighted by molar-refractivity contribution is 0.311. The van der Waals surface area contributed by atoms with Gasteiger partial charge in [-0.3, -0.25) is 11.3 Å². The Bertz CT molecular complexity index is 318. The minimum Gasteiger partial charge on any atom is -0.271 e. The van der Waals surface area contributed by atoms with Crippen LogP contribution in [-0.4, -0.2) is 6.04 Å². The molecule has 0 bridgehead atoms. The normalized spacial score (nSPS) is 12.9. The summed E-state index contributed by atoms with van der Waals surface area (Å²) < 4.78 is 0. The Hall–Kier alpha value is -0.570. The standard InChI is InChI=1S/C15H25ClN2/c1-3-5-13(6-4-2)15(18-17)11-12-7-9-14(16)10-8-12/h7-10,13,15,18H,3-6,11,17H2,1-2H3. The topological polar surface area (TPSA) is 38.0 Å². The second kappa shape index (κ2) is 8.52. The Labute approximate surface area is 116 Å². The predicted molar refractivity (Wildman–Crippen MR) is 79.6 cm³/mol. The monoisotopic (exact) mass is 268 g/mol. The van der Waals surface area contributed by atoms with Gasteiger partial charge in [0.15, 0.2) is 0 Å². The number of hydrazine groups is 1. The molecule has 0 spiro atoms. The van der Waals surface area contributed by atoms with Crippen molar-refractivity contribution in [3.8, 4) is 0 Å². The highest BCUT2D eigenvalue weighted by Crippen LogP contribution is 2.21. The third-order valence-electron chi connectivity index (χ3n) is 3.47. The molecular formula is C15H25ClN2. The summed E-state index contributed by atoms with van der Waals surface area (Å²) in [5, 5.41) is 0.787. The van der Waals surface area contributed by atoms with Gasteiger partial charge in [0.05, 0.1) is 0 Å². The first kappa shape index (κ1) is 15.5. The summed E-state index contributed by atoms with van der Waals surface area (Å²) in [4.78, 5) is 0. The van der Waals surface area contributed by atoms with E-state index in [1.807, 2.05) is 12.1 Å². The Balaban J connectivity index is 2.66. The Morgan fingerprint density at radius 3 is 2.11 bits per heavy atom. The quantitative estimate of drug-likeness (QED) is 0.554. The van der Waals surface area contributed by atoms with Gasteiger partial charge in [-0.15, -0.1) is 0 Å². The molecule has 1 aromatic carbocycles. The van der Waals surface area contributed by atoms with Crippen LogP contribution in [0, 0.1) is 5.92 Å². The van der Waals surface area contributed by atoms with Crippen molar-refractivity contribution < 1.29 is 0 Å². The van der Waals surface area contributed by atoms with Crippen molar-refractivity contribution >= 4 is 11.6 Å². The lowest BCUT2D eigenvalue weighted by Gasteiger charge is -2.26.